The molecule has 1 aromatic heterocycles. The fraction of sp³-hybridized carbons (Fsp3) is 0.556. The van der Waals surface area contributed by atoms with Gasteiger partial charge in [-0.1, -0.05) is 6.92 Å². The molecule has 1 aromatic rings. The monoisotopic (exact) mass is 135 g/mol. The Morgan fingerprint density at radius 2 is 2.40 bits per heavy atom. The maximum Gasteiger partial charge on any atom is 0.0209 e. The van der Waals surface area contributed by atoms with E-state index in [0.29, 0.717) is 5.41 Å². The fourth-order valence-electron chi connectivity index (χ4n) is 1.62. The van der Waals surface area contributed by atoms with Crippen molar-refractivity contribution in [3.8, 4) is 0 Å². The lowest BCUT2D eigenvalue weighted by atomic mass is 10.00. The van der Waals surface area contributed by atoms with Crippen molar-refractivity contribution in [3.05, 3.63) is 24.0 Å². The fourth-order valence-corrected chi connectivity index (χ4v) is 1.62. The van der Waals surface area contributed by atoms with Crippen molar-refractivity contribution in [2.24, 2.45) is 0 Å². The van der Waals surface area contributed by atoms with Crippen LogP contribution < -0.4 is 0 Å². The van der Waals surface area contributed by atoms with E-state index in [1.807, 2.05) is 6.20 Å². The molecule has 10 heavy (non-hydrogen) atoms. The highest BCUT2D eigenvalue weighted by Crippen LogP contribution is 2.49. The number of hydrogen-bond donors (Lipinski definition) is 1. The van der Waals surface area contributed by atoms with Crippen molar-refractivity contribution in [1.82, 2.24) is 4.98 Å². The molecule has 0 spiro atoms. The molecule has 0 bridgehead atoms. The van der Waals surface area contributed by atoms with Gasteiger partial charge in [-0.25, -0.2) is 0 Å². The Morgan fingerprint density at radius 1 is 1.60 bits per heavy atom. The maximum absolute atomic E-state index is 3.29. The number of H-pyrrole nitrogens is 1. The van der Waals surface area contributed by atoms with Gasteiger partial charge in [-0.2, -0.15) is 0 Å². The summed E-state index contributed by atoms with van der Waals surface area (Å²) in [7, 11) is 0. The third-order valence-corrected chi connectivity index (χ3v) is 2.70. The Kier molecular flexibility index (Phi) is 1.13. The molecule has 1 aliphatic rings. The average Bonchev–Trinajstić information content (AvgIpc) is 2.58. The molecule has 1 heterocycles. The van der Waals surface area contributed by atoms with Gasteiger partial charge in [0.15, 0.2) is 0 Å². The van der Waals surface area contributed by atoms with Gasteiger partial charge in [0.25, 0.3) is 0 Å². The first-order valence-corrected chi connectivity index (χ1v) is 4.01. The smallest absolute Gasteiger partial charge is 0.0209 e. The standard InChI is InChI=1S/C9H13N/c1-2-9(5-6-9)8-4-3-7-10-8/h3-4,7,10H,2,5-6H2,1H3. The Morgan fingerprint density at radius 3 is 2.80 bits per heavy atom. The van der Waals surface area contributed by atoms with Gasteiger partial charge in [0, 0.05) is 17.3 Å². The third kappa shape index (κ3) is 0.698. The van der Waals surface area contributed by atoms with Gasteiger partial charge in [-0.3, -0.25) is 0 Å². The number of rotatable bonds is 2. The van der Waals surface area contributed by atoms with Gasteiger partial charge >= 0.3 is 0 Å². The van der Waals surface area contributed by atoms with Gasteiger partial charge < -0.3 is 4.98 Å². The second-order valence-electron chi connectivity index (χ2n) is 3.22. The molecule has 0 radical (unpaired) electrons. The van der Waals surface area contributed by atoms with Crippen molar-refractivity contribution in [2.75, 3.05) is 0 Å². The molecule has 1 nitrogen and oxygen atoms in total. The minimum Gasteiger partial charge on any atom is -0.365 e. The molecule has 1 fully saturated rings. The quantitative estimate of drug-likeness (QED) is 0.641. The second kappa shape index (κ2) is 1.88. The molecule has 1 N–H and O–H groups in total. The van der Waals surface area contributed by atoms with Crippen LogP contribution in [-0.4, -0.2) is 4.98 Å². The normalized spacial score (nSPS) is 20.9. The number of nitrogens with one attached hydrogen (secondary N) is 1. The SMILES string of the molecule is CCC1(c2ccc[nH]2)CC1. The molecule has 0 saturated heterocycles. The molecule has 1 heteroatoms. The van der Waals surface area contributed by atoms with Crippen molar-refractivity contribution in [2.45, 2.75) is 31.6 Å². The van der Waals surface area contributed by atoms with E-state index < -0.39 is 0 Å². The zero-order valence-corrected chi connectivity index (χ0v) is 6.35. The van der Waals surface area contributed by atoms with Crippen molar-refractivity contribution >= 4 is 0 Å². The van der Waals surface area contributed by atoms with Crippen LogP contribution in [0.2, 0.25) is 0 Å². The lowest BCUT2D eigenvalue weighted by Gasteiger charge is -2.08. The highest BCUT2D eigenvalue weighted by atomic mass is 14.7. The molecule has 0 amide bonds. The molecule has 0 aromatic carbocycles. The first-order chi connectivity index (χ1) is 4.87. The predicted molar refractivity (Wildman–Crippen MR) is 42.0 cm³/mol. The molecule has 0 unspecified atom stereocenters. The van der Waals surface area contributed by atoms with Crippen LogP contribution in [0, 0.1) is 0 Å². The molecule has 2 rings (SSSR count). The van der Waals surface area contributed by atoms with Crippen LogP contribution in [0.15, 0.2) is 18.3 Å². The first-order valence-electron chi connectivity index (χ1n) is 4.01. The summed E-state index contributed by atoms with van der Waals surface area (Å²) in [6.45, 7) is 2.27. The molecule has 1 saturated carbocycles. The molecule has 0 aliphatic heterocycles. The molecular weight excluding hydrogens is 122 g/mol. The number of hydrogen-bond acceptors (Lipinski definition) is 0. The van der Waals surface area contributed by atoms with E-state index in [0.717, 1.165) is 0 Å². The van der Waals surface area contributed by atoms with Crippen LogP contribution in [0.5, 0.6) is 0 Å². The minimum atomic E-state index is 0.559. The molecular formula is C9H13N. The van der Waals surface area contributed by atoms with E-state index in [4.69, 9.17) is 0 Å². The summed E-state index contributed by atoms with van der Waals surface area (Å²) >= 11 is 0. The van der Waals surface area contributed by atoms with E-state index in [1.54, 1.807) is 0 Å². The van der Waals surface area contributed by atoms with Crippen LogP contribution in [0.3, 0.4) is 0 Å². The van der Waals surface area contributed by atoms with Crippen LogP contribution in [-0.2, 0) is 5.41 Å². The van der Waals surface area contributed by atoms with E-state index in [2.05, 4.69) is 24.0 Å². The zero-order valence-electron chi connectivity index (χ0n) is 6.35. The topological polar surface area (TPSA) is 15.8 Å². The van der Waals surface area contributed by atoms with E-state index >= 15 is 0 Å². The lowest BCUT2D eigenvalue weighted by Crippen LogP contribution is -2.03. The highest BCUT2D eigenvalue weighted by molar-refractivity contribution is 5.24. The largest absolute Gasteiger partial charge is 0.365 e. The summed E-state index contributed by atoms with van der Waals surface area (Å²) in [5, 5.41) is 0. The Hall–Kier alpha value is -0.720. The summed E-state index contributed by atoms with van der Waals surface area (Å²) in [6, 6.07) is 4.29. The Balaban J connectivity index is 2.27. The summed E-state index contributed by atoms with van der Waals surface area (Å²) in [5.74, 6) is 0. The molecule has 0 atom stereocenters. The van der Waals surface area contributed by atoms with E-state index in [-0.39, 0.29) is 0 Å². The van der Waals surface area contributed by atoms with Gasteiger partial charge in [-0.05, 0) is 31.4 Å². The van der Waals surface area contributed by atoms with Crippen LogP contribution in [0.4, 0.5) is 0 Å². The second-order valence-corrected chi connectivity index (χ2v) is 3.22. The van der Waals surface area contributed by atoms with Crippen molar-refractivity contribution in [3.63, 3.8) is 0 Å². The maximum atomic E-state index is 3.29. The summed E-state index contributed by atoms with van der Waals surface area (Å²) in [6.07, 6.45) is 6.06. The van der Waals surface area contributed by atoms with E-state index in [1.165, 1.54) is 25.0 Å². The van der Waals surface area contributed by atoms with Crippen LogP contribution in [0.25, 0.3) is 0 Å². The summed E-state index contributed by atoms with van der Waals surface area (Å²) in [5.41, 5.74) is 2.00. The number of aromatic nitrogens is 1. The summed E-state index contributed by atoms with van der Waals surface area (Å²) in [4.78, 5) is 3.29. The van der Waals surface area contributed by atoms with Gasteiger partial charge in [-0.15, -0.1) is 0 Å². The van der Waals surface area contributed by atoms with Crippen LogP contribution in [0.1, 0.15) is 31.9 Å². The predicted octanol–water partition coefficient (Wildman–Crippen LogP) is 2.46. The minimum absolute atomic E-state index is 0.559. The van der Waals surface area contributed by atoms with Crippen LogP contribution >= 0.6 is 0 Å². The van der Waals surface area contributed by atoms with Gasteiger partial charge in [0.2, 0.25) is 0 Å². The zero-order chi connectivity index (χ0) is 7.03. The lowest BCUT2D eigenvalue weighted by molar-refractivity contribution is 0.645. The Bertz CT molecular complexity index is 207. The molecule has 54 valence electrons. The Labute approximate surface area is 61.5 Å². The van der Waals surface area contributed by atoms with Crippen molar-refractivity contribution < 1.29 is 0 Å². The average molecular weight is 135 g/mol. The highest BCUT2D eigenvalue weighted by Gasteiger charge is 2.42. The van der Waals surface area contributed by atoms with Gasteiger partial charge in [0.05, 0.1) is 0 Å². The van der Waals surface area contributed by atoms with Gasteiger partial charge in [0.1, 0.15) is 0 Å². The first kappa shape index (κ1) is 6.02. The third-order valence-electron chi connectivity index (χ3n) is 2.70. The number of aromatic amines is 1. The molecule has 1 aliphatic carbocycles. The van der Waals surface area contributed by atoms with Crippen molar-refractivity contribution in [1.29, 1.82) is 0 Å². The van der Waals surface area contributed by atoms with E-state index in [9.17, 15) is 0 Å². The summed E-state index contributed by atoms with van der Waals surface area (Å²) < 4.78 is 0.